The lowest BCUT2D eigenvalue weighted by Gasteiger charge is -2.48. The number of halogens is 1. The van der Waals surface area contributed by atoms with Gasteiger partial charge in [-0.2, -0.15) is 0 Å². The molecule has 2 aromatic carbocycles. The zero-order chi connectivity index (χ0) is 23.2. The average Bonchev–Trinajstić information content (AvgIpc) is 3.44. The summed E-state index contributed by atoms with van der Waals surface area (Å²) in [6.07, 6.45) is 4.44. The Morgan fingerprint density at radius 1 is 1.09 bits per heavy atom. The fraction of sp³-hybridized carbons (Fsp3) is 0.240. The van der Waals surface area contributed by atoms with Gasteiger partial charge in [0, 0.05) is 37.5 Å². The van der Waals surface area contributed by atoms with E-state index in [-0.39, 0.29) is 30.5 Å². The molecular weight excluding hydrogens is 423 g/mol. The van der Waals surface area contributed by atoms with E-state index in [4.69, 9.17) is 0 Å². The van der Waals surface area contributed by atoms with E-state index in [1.807, 2.05) is 36.0 Å². The molecule has 1 saturated heterocycles. The number of fused-ring (bicyclic) bond motifs is 3. The van der Waals surface area contributed by atoms with Crippen LogP contribution in [0.4, 0.5) is 15.8 Å². The topological polar surface area (TPSA) is 74.7 Å². The van der Waals surface area contributed by atoms with Crippen LogP contribution in [0.1, 0.15) is 36.5 Å². The van der Waals surface area contributed by atoms with Gasteiger partial charge < -0.3 is 14.8 Å². The normalized spacial score (nSPS) is 19.5. The van der Waals surface area contributed by atoms with Crippen LogP contribution >= 0.6 is 0 Å². The van der Waals surface area contributed by atoms with Crippen molar-refractivity contribution >= 4 is 29.1 Å². The van der Waals surface area contributed by atoms with E-state index < -0.39 is 17.4 Å². The van der Waals surface area contributed by atoms with Gasteiger partial charge in [0.25, 0.3) is 5.91 Å². The lowest BCUT2D eigenvalue weighted by atomic mass is 9.98. The molecule has 3 amide bonds. The number of benzene rings is 2. The molecule has 168 valence electrons. The summed E-state index contributed by atoms with van der Waals surface area (Å²) in [5, 5.41) is 2.62. The zero-order valence-corrected chi connectivity index (χ0v) is 18.1. The second kappa shape index (κ2) is 7.88. The van der Waals surface area contributed by atoms with Crippen molar-refractivity contribution in [2.24, 2.45) is 0 Å². The first kappa shape index (κ1) is 20.9. The number of amides is 3. The maximum absolute atomic E-state index is 14.3. The maximum Gasteiger partial charge on any atom is 0.257 e. The predicted octanol–water partition coefficient (Wildman–Crippen LogP) is 3.94. The number of rotatable bonds is 5. The number of hydrogen-bond acceptors (Lipinski definition) is 3. The Kier molecular flexibility index (Phi) is 5.00. The zero-order valence-electron chi connectivity index (χ0n) is 18.1. The van der Waals surface area contributed by atoms with E-state index >= 15 is 0 Å². The third-order valence-corrected chi connectivity index (χ3v) is 6.43. The number of para-hydroxylation sites is 1. The van der Waals surface area contributed by atoms with Gasteiger partial charge in [-0.15, -0.1) is 0 Å². The smallest absolute Gasteiger partial charge is 0.257 e. The van der Waals surface area contributed by atoms with Gasteiger partial charge in [0.1, 0.15) is 11.5 Å². The molecule has 2 aliphatic rings. The molecule has 7 nitrogen and oxygen atoms in total. The third kappa shape index (κ3) is 3.47. The first-order chi connectivity index (χ1) is 15.9. The van der Waals surface area contributed by atoms with Gasteiger partial charge in [-0.25, -0.2) is 4.39 Å². The Labute approximate surface area is 190 Å². The molecule has 0 spiro atoms. The Hall–Kier alpha value is -3.94. The highest BCUT2D eigenvalue weighted by atomic mass is 19.1. The van der Waals surface area contributed by atoms with Crippen molar-refractivity contribution in [1.29, 1.82) is 0 Å². The molecule has 1 fully saturated rings. The molecule has 1 unspecified atom stereocenters. The molecule has 0 bridgehead atoms. The average molecular weight is 446 g/mol. The van der Waals surface area contributed by atoms with Crippen molar-refractivity contribution in [3.8, 4) is 5.69 Å². The van der Waals surface area contributed by atoms with E-state index in [0.29, 0.717) is 29.8 Å². The number of nitrogens with zero attached hydrogens (tertiary/aromatic N) is 3. The highest BCUT2D eigenvalue weighted by Crippen LogP contribution is 2.44. The summed E-state index contributed by atoms with van der Waals surface area (Å²) in [5.41, 5.74) is 1.01. The quantitative estimate of drug-likeness (QED) is 0.645. The number of aromatic nitrogens is 1. The van der Waals surface area contributed by atoms with Gasteiger partial charge in [-0.3, -0.25) is 19.3 Å². The summed E-state index contributed by atoms with van der Waals surface area (Å²) in [4.78, 5) is 41.9. The van der Waals surface area contributed by atoms with E-state index in [1.165, 1.54) is 6.07 Å². The molecule has 0 aliphatic carbocycles. The molecular formula is C25H23FN4O3. The maximum atomic E-state index is 14.3. The van der Waals surface area contributed by atoms with Crippen LogP contribution < -0.4 is 10.2 Å². The monoisotopic (exact) mass is 446 g/mol. The van der Waals surface area contributed by atoms with Crippen molar-refractivity contribution in [2.45, 2.75) is 31.8 Å². The minimum Gasteiger partial charge on any atom is -0.324 e. The second-order valence-electron chi connectivity index (χ2n) is 8.47. The summed E-state index contributed by atoms with van der Waals surface area (Å²) in [5.74, 6) is -1.21. The Morgan fingerprint density at radius 2 is 1.85 bits per heavy atom. The third-order valence-electron chi connectivity index (χ3n) is 6.43. The van der Waals surface area contributed by atoms with Crippen molar-refractivity contribution in [3.63, 3.8) is 0 Å². The molecule has 3 aromatic rings. The standard InChI is InChI=1S/C25H23FN4O3/c1-25-12-10-23(32)30(25)21-7-3-2-6-18(21)24(33)29(25)15-11-22(31)27-20-16-17(8-9-19(20)26)28-13-4-5-14-28/h2-9,13-14,16H,10-12,15H2,1H3,(H,27,31). The van der Waals surface area contributed by atoms with Crippen LogP contribution in [0.5, 0.6) is 0 Å². The minimum atomic E-state index is -0.831. The Balaban J connectivity index is 1.34. The molecule has 8 heteroatoms. The van der Waals surface area contributed by atoms with Gasteiger partial charge in [-0.05, 0) is 55.8 Å². The van der Waals surface area contributed by atoms with Gasteiger partial charge >= 0.3 is 0 Å². The van der Waals surface area contributed by atoms with Crippen molar-refractivity contribution in [1.82, 2.24) is 9.47 Å². The lowest BCUT2D eigenvalue weighted by molar-refractivity contribution is -0.117. The SMILES string of the molecule is CC12CCC(=O)N1c1ccccc1C(=O)N2CCC(=O)Nc1cc(-n2cccc2)ccc1F. The van der Waals surface area contributed by atoms with Crippen LogP contribution in [0.15, 0.2) is 67.0 Å². The molecule has 3 heterocycles. The van der Waals surface area contributed by atoms with Crippen LogP contribution in [-0.4, -0.2) is 39.4 Å². The molecule has 1 aromatic heterocycles. The van der Waals surface area contributed by atoms with Crippen molar-refractivity contribution in [3.05, 3.63) is 78.4 Å². The molecule has 5 rings (SSSR count). The summed E-state index contributed by atoms with van der Waals surface area (Å²) < 4.78 is 16.2. The van der Waals surface area contributed by atoms with E-state index in [2.05, 4.69) is 5.32 Å². The largest absolute Gasteiger partial charge is 0.324 e. The number of carbonyl (C=O) groups is 3. The summed E-state index contributed by atoms with van der Waals surface area (Å²) >= 11 is 0. The summed E-state index contributed by atoms with van der Waals surface area (Å²) in [7, 11) is 0. The molecule has 0 radical (unpaired) electrons. The summed E-state index contributed by atoms with van der Waals surface area (Å²) in [6, 6.07) is 15.2. The van der Waals surface area contributed by atoms with Crippen molar-refractivity contribution < 1.29 is 18.8 Å². The van der Waals surface area contributed by atoms with Crippen LogP contribution in [0, 0.1) is 5.82 Å². The van der Waals surface area contributed by atoms with Crippen LogP contribution in [0.3, 0.4) is 0 Å². The van der Waals surface area contributed by atoms with Gasteiger partial charge in [0.15, 0.2) is 0 Å². The lowest BCUT2D eigenvalue weighted by Crippen LogP contribution is -2.62. The highest BCUT2D eigenvalue weighted by Gasteiger charge is 2.52. The number of hydrogen-bond donors (Lipinski definition) is 1. The van der Waals surface area contributed by atoms with Crippen LogP contribution in [-0.2, 0) is 9.59 Å². The van der Waals surface area contributed by atoms with Crippen LogP contribution in [0.2, 0.25) is 0 Å². The Morgan fingerprint density at radius 3 is 2.64 bits per heavy atom. The number of anilines is 2. The first-order valence-electron chi connectivity index (χ1n) is 10.9. The predicted molar refractivity (Wildman–Crippen MR) is 122 cm³/mol. The molecule has 33 heavy (non-hydrogen) atoms. The minimum absolute atomic E-state index is 0.0291. The van der Waals surface area contributed by atoms with E-state index in [1.54, 1.807) is 46.2 Å². The van der Waals surface area contributed by atoms with Crippen molar-refractivity contribution in [2.75, 3.05) is 16.8 Å². The fourth-order valence-corrected chi connectivity index (χ4v) is 4.74. The molecule has 1 N–H and O–H groups in total. The Bertz CT molecular complexity index is 1260. The van der Waals surface area contributed by atoms with Crippen LogP contribution in [0.25, 0.3) is 5.69 Å². The van der Waals surface area contributed by atoms with Gasteiger partial charge in [0.05, 0.1) is 16.9 Å². The highest BCUT2D eigenvalue weighted by molar-refractivity contribution is 6.10. The molecule has 2 aliphatic heterocycles. The number of nitrogens with one attached hydrogen (secondary N) is 1. The van der Waals surface area contributed by atoms with Gasteiger partial charge in [-0.1, -0.05) is 12.1 Å². The molecule has 0 saturated carbocycles. The fourth-order valence-electron chi connectivity index (χ4n) is 4.74. The van der Waals surface area contributed by atoms with E-state index in [9.17, 15) is 18.8 Å². The number of carbonyl (C=O) groups excluding carboxylic acids is 3. The van der Waals surface area contributed by atoms with E-state index in [0.717, 1.165) is 0 Å². The second-order valence-corrected chi connectivity index (χ2v) is 8.47. The molecule has 1 atom stereocenters. The van der Waals surface area contributed by atoms with Gasteiger partial charge in [0.2, 0.25) is 11.8 Å². The first-order valence-corrected chi connectivity index (χ1v) is 10.9. The summed E-state index contributed by atoms with van der Waals surface area (Å²) in [6.45, 7) is 1.96.